The molecule has 0 saturated carbocycles. The van der Waals surface area contributed by atoms with Crippen LogP contribution in [-0.4, -0.2) is 32.3 Å². The zero-order valence-corrected chi connectivity index (χ0v) is 16.4. The fraction of sp³-hybridized carbons (Fsp3) is 0.235. The van der Waals surface area contributed by atoms with Crippen LogP contribution in [0.3, 0.4) is 0 Å². The van der Waals surface area contributed by atoms with Gasteiger partial charge in [0.2, 0.25) is 0 Å². The van der Waals surface area contributed by atoms with E-state index < -0.39 is 5.60 Å². The molecule has 0 aliphatic rings. The fourth-order valence-corrected chi connectivity index (χ4v) is 3.70. The smallest absolute Gasteiger partial charge is 0.270 e. The average Bonchev–Trinajstić information content (AvgIpc) is 3.22. The Kier molecular flexibility index (Phi) is 5.34. The molecule has 3 aromatic rings. The maximum atomic E-state index is 12.4. The molecule has 1 unspecified atom stereocenters. The van der Waals surface area contributed by atoms with Crippen molar-refractivity contribution in [3.05, 3.63) is 57.3 Å². The van der Waals surface area contributed by atoms with Gasteiger partial charge in [0.25, 0.3) is 5.91 Å². The molecule has 1 atom stereocenters. The van der Waals surface area contributed by atoms with Gasteiger partial charge in [0.05, 0.1) is 17.8 Å². The zero-order valence-electron chi connectivity index (χ0n) is 14.0. The summed E-state index contributed by atoms with van der Waals surface area (Å²) >= 11 is 13.4. The third-order valence-corrected chi connectivity index (χ3v) is 5.24. The first-order valence-corrected chi connectivity index (χ1v) is 9.30. The molecule has 2 aromatic heterocycles. The minimum atomic E-state index is -1.23. The van der Waals surface area contributed by atoms with Crippen molar-refractivity contribution < 1.29 is 9.90 Å². The van der Waals surface area contributed by atoms with Crippen LogP contribution in [0.1, 0.15) is 23.0 Å². The summed E-state index contributed by atoms with van der Waals surface area (Å²) in [4.78, 5) is 16.7. The van der Waals surface area contributed by atoms with Gasteiger partial charge >= 0.3 is 0 Å². The van der Waals surface area contributed by atoms with E-state index in [1.165, 1.54) is 11.3 Å². The van der Waals surface area contributed by atoms with Gasteiger partial charge in [-0.1, -0.05) is 23.2 Å². The molecule has 136 valence electrons. The molecule has 0 saturated heterocycles. The van der Waals surface area contributed by atoms with Crippen LogP contribution in [0.5, 0.6) is 0 Å². The van der Waals surface area contributed by atoms with Gasteiger partial charge in [-0.2, -0.15) is 5.10 Å². The maximum absolute atomic E-state index is 12.4. The Labute approximate surface area is 164 Å². The number of carbonyl (C=O) groups excluding carboxylic acids is 1. The second-order valence-electron chi connectivity index (χ2n) is 6.02. The number of carbonyl (C=O) groups is 1. The van der Waals surface area contributed by atoms with E-state index in [0.29, 0.717) is 26.2 Å². The van der Waals surface area contributed by atoms with Crippen LogP contribution < -0.4 is 5.32 Å². The summed E-state index contributed by atoms with van der Waals surface area (Å²) in [6.07, 6.45) is 3.27. The van der Waals surface area contributed by atoms with Crippen molar-refractivity contribution in [2.45, 2.75) is 12.5 Å². The molecular formula is C17H16Cl2N4O2S. The van der Waals surface area contributed by atoms with Gasteiger partial charge in [0, 0.05) is 34.8 Å². The summed E-state index contributed by atoms with van der Waals surface area (Å²) in [5, 5.41) is 20.5. The number of thiazole rings is 1. The number of halogens is 2. The summed E-state index contributed by atoms with van der Waals surface area (Å²) in [6, 6.07) is 5.11. The van der Waals surface area contributed by atoms with Crippen LogP contribution in [0, 0.1) is 0 Å². The molecule has 0 fully saturated rings. The minimum absolute atomic E-state index is 0.0338. The van der Waals surface area contributed by atoms with Gasteiger partial charge in [0.15, 0.2) is 0 Å². The second-order valence-corrected chi connectivity index (χ2v) is 7.72. The average molecular weight is 411 g/mol. The van der Waals surface area contributed by atoms with Crippen molar-refractivity contribution in [3.8, 4) is 10.6 Å². The van der Waals surface area contributed by atoms with Crippen LogP contribution in [0.2, 0.25) is 10.0 Å². The first kappa shape index (κ1) is 18.8. The SMILES string of the molecule is Cn1cc(C(C)(O)CNC(=O)c2csc(-c3ccc(Cl)cc3Cl)n2)cn1. The highest BCUT2D eigenvalue weighted by Gasteiger charge is 2.26. The Morgan fingerprint density at radius 2 is 2.19 bits per heavy atom. The van der Waals surface area contributed by atoms with E-state index in [0.717, 1.165) is 0 Å². The first-order valence-electron chi connectivity index (χ1n) is 7.67. The van der Waals surface area contributed by atoms with E-state index >= 15 is 0 Å². The van der Waals surface area contributed by atoms with Crippen molar-refractivity contribution in [2.75, 3.05) is 6.54 Å². The molecule has 0 aliphatic heterocycles. The Bertz CT molecular complexity index is 952. The zero-order chi connectivity index (χ0) is 18.9. The minimum Gasteiger partial charge on any atom is -0.383 e. The molecule has 26 heavy (non-hydrogen) atoms. The quantitative estimate of drug-likeness (QED) is 0.674. The lowest BCUT2D eigenvalue weighted by atomic mass is 10.00. The third-order valence-electron chi connectivity index (χ3n) is 3.82. The summed E-state index contributed by atoms with van der Waals surface area (Å²) in [5.41, 5.74) is 0.357. The molecule has 9 heteroatoms. The highest BCUT2D eigenvalue weighted by atomic mass is 35.5. The Balaban J connectivity index is 1.70. The van der Waals surface area contributed by atoms with E-state index in [9.17, 15) is 9.90 Å². The van der Waals surface area contributed by atoms with Crippen molar-refractivity contribution in [2.24, 2.45) is 7.05 Å². The molecule has 0 aliphatic carbocycles. The Morgan fingerprint density at radius 1 is 1.42 bits per heavy atom. The van der Waals surface area contributed by atoms with Gasteiger partial charge in [0.1, 0.15) is 16.3 Å². The molecule has 2 N–H and O–H groups in total. The fourth-order valence-electron chi connectivity index (χ4n) is 2.31. The van der Waals surface area contributed by atoms with Crippen molar-refractivity contribution in [1.82, 2.24) is 20.1 Å². The van der Waals surface area contributed by atoms with Crippen LogP contribution in [0.25, 0.3) is 10.6 Å². The van der Waals surface area contributed by atoms with E-state index in [-0.39, 0.29) is 18.1 Å². The van der Waals surface area contributed by atoms with Gasteiger partial charge in [-0.25, -0.2) is 4.98 Å². The van der Waals surface area contributed by atoms with Gasteiger partial charge in [-0.05, 0) is 25.1 Å². The number of aliphatic hydroxyl groups is 1. The number of benzene rings is 1. The largest absolute Gasteiger partial charge is 0.383 e. The predicted octanol–water partition coefficient (Wildman–Crippen LogP) is 3.49. The Morgan fingerprint density at radius 3 is 2.85 bits per heavy atom. The lowest BCUT2D eigenvalue weighted by Crippen LogP contribution is -2.38. The van der Waals surface area contributed by atoms with Gasteiger partial charge in [-0.15, -0.1) is 11.3 Å². The number of amides is 1. The lowest BCUT2D eigenvalue weighted by molar-refractivity contribution is 0.0524. The maximum Gasteiger partial charge on any atom is 0.270 e. The molecule has 3 rings (SSSR count). The van der Waals surface area contributed by atoms with Crippen molar-refractivity contribution in [3.63, 3.8) is 0 Å². The molecule has 0 radical (unpaired) electrons. The number of aryl methyl sites for hydroxylation is 1. The lowest BCUT2D eigenvalue weighted by Gasteiger charge is -2.21. The molecular weight excluding hydrogens is 395 g/mol. The Hall–Kier alpha value is -1.93. The molecule has 0 spiro atoms. The number of aromatic nitrogens is 3. The topological polar surface area (TPSA) is 80.0 Å². The normalized spacial score (nSPS) is 13.4. The highest BCUT2D eigenvalue weighted by Crippen LogP contribution is 2.32. The molecule has 0 bridgehead atoms. The molecule has 2 heterocycles. The summed E-state index contributed by atoms with van der Waals surface area (Å²) in [7, 11) is 1.76. The van der Waals surface area contributed by atoms with Crippen LogP contribution in [0.4, 0.5) is 0 Å². The number of hydrogen-bond acceptors (Lipinski definition) is 5. The van der Waals surface area contributed by atoms with E-state index in [1.54, 1.807) is 54.6 Å². The van der Waals surface area contributed by atoms with Crippen LogP contribution >= 0.6 is 34.5 Å². The van der Waals surface area contributed by atoms with Crippen LogP contribution in [0.15, 0.2) is 36.0 Å². The standard InChI is InChI=1S/C17H16Cl2N4O2S/c1-17(25,10-6-21-23(2)7-10)9-20-15(24)14-8-26-16(22-14)12-4-3-11(18)5-13(12)19/h3-8,25H,9H2,1-2H3,(H,20,24). The van der Waals surface area contributed by atoms with Gasteiger partial charge in [-0.3, -0.25) is 9.48 Å². The van der Waals surface area contributed by atoms with Crippen LogP contribution in [-0.2, 0) is 12.6 Å². The number of rotatable bonds is 5. The van der Waals surface area contributed by atoms with Crippen molar-refractivity contribution >= 4 is 40.4 Å². The number of nitrogens with zero attached hydrogens (tertiary/aromatic N) is 3. The first-order chi connectivity index (χ1) is 12.3. The summed E-state index contributed by atoms with van der Waals surface area (Å²) in [5.74, 6) is -0.373. The summed E-state index contributed by atoms with van der Waals surface area (Å²) in [6.45, 7) is 1.65. The van der Waals surface area contributed by atoms with E-state index in [1.807, 2.05) is 0 Å². The molecule has 1 amide bonds. The number of nitrogens with one attached hydrogen (secondary N) is 1. The molecule has 1 aromatic carbocycles. The monoisotopic (exact) mass is 410 g/mol. The number of hydrogen-bond donors (Lipinski definition) is 2. The summed E-state index contributed by atoms with van der Waals surface area (Å²) < 4.78 is 1.59. The van der Waals surface area contributed by atoms with E-state index in [2.05, 4.69) is 15.4 Å². The second kappa shape index (κ2) is 7.36. The van der Waals surface area contributed by atoms with Gasteiger partial charge < -0.3 is 10.4 Å². The van der Waals surface area contributed by atoms with E-state index in [4.69, 9.17) is 23.2 Å². The predicted molar refractivity (Wildman–Crippen MR) is 103 cm³/mol. The molecule has 6 nitrogen and oxygen atoms in total. The third kappa shape index (κ3) is 4.07. The van der Waals surface area contributed by atoms with Crippen molar-refractivity contribution in [1.29, 1.82) is 0 Å². The highest BCUT2D eigenvalue weighted by molar-refractivity contribution is 7.13.